The smallest absolute Gasteiger partial charge is 0.271 e. The van der Waals surface area contributed by atoms with Gasteiger partial charge in [-0.3, -0.25) is 19.2 Å². The zero-order valence-corrected chi connectivity index (χ0v) is 19.0. The first-order valence-electron chi connectivity index (χ1n) is 9.68. The van der Waals surface area contributed by atoms with E-state index in [0.717, 1.165) is 33.5 Å². The first-order valence-corrected chi connectivity index (χ1v) is 11.5. The molecule has 9 nitrogen and oxygen atoms in total. The van der Waals surface area contributed by atoms with E-state index in [2.05, 4.69) is 5.32 Å². The molecule has 0 aliphatic rings. The number of nitro benzene ring substituents is 1. The molecule has 10 heteroatoms. The summed E-state index contributed by atoms with van der Waals surface area (Å²) < 4.78 is 31.1. The number of sulfonamides is 1. The molecule has 2 aromatic carbocycles. The Hall–Kier alpha value is -3.14. The SMILES string of the molecule is CC[C@@H](NC(=O)[C@H](C)N(c1cccc([N+](=O)[O-])c1)S(C)(=O)=O)c1ccc(OC)c(C)c1. The topological polar surface area (TPSA) is 119 Å². The van der Waals surface area contributed by atoms with Crippen LogP contribution in [0.4, 0.5) is 11.4 Å². The highest BCUT2D eigenvalue weighted by atomic mass is 32.2. The van der Waals surface area contributed by atoms with E-state index in [0.29, 0.717) is 6.42 Å². The molecule has 2 rings (SSSR count). The van der Waals surface area contributed by atoms with Gasteiger partial charge < -0.3 is 10.1 Å². The van der Waals surface area contributed by atoms with E-state index in [4.69, 9.17) is 4.74 Å². The lowest BCUT2D eigenvalue weighted by Gasteiger charge is -2.29. The Morgan fingerprint density at radius 1 is 1.26 bits per heavy atom. The molecule has 0 radical (unpaired) electrons. The summed E-state index contributed by atoms with van der Waals surface area (Å²) in [7, 11) is -2.31. The molecule has 2 atom stereocenters. The van der Waals surface area contributed by atoms with Gasteiger partial charge in [0.15, 0.2) is 0 Å². The number of nitro groups is 1. The van der Waals surface area contributed by atoms with Crippen molar-refractivity contribution in [2.75, 3.05) is 17.7 Å². The van der Waals surface area contributed by atoms with Crippen LogP contribution in [0, 0.1) is 17.0 Å². The quantitative estimate of drug-likeness (QED) is 0.463. The maximum absolute atomic E-state index is 13.0. The van der Waals surface area contributed by atoms with Gasteiger partial charge in [-0.15, -0.1) is 0 Å². The first-order chi connectivity index (χ1) is 14.5. The summed E-state index contributed by atoms with van der Waals surface area (Å²) in [6.07, 6.45) is 1.54. The number of carbonyl (C=O) groups is 1. The third kappa shape index (κ3) is 5.72. The number of rotatable bonds is 9. The summed E-state index contributed by atoms with van der Waals surface area (Å²) in [5, 5.41) is 14.0. The van der Waals surface area contributed by atoms with E-state index in [1.165, 1.54) is 25.1 Å². The van der Waals surface area contributed by atoms with Gasteiger partial charge in [0.05, 0.1) is 30.0 Å². The molecular weight excluding hydrogens is 422 g/mol. The number of aryl methyl sites for hydroxylation is 1. The molecule has 2 aromatic rings. The van der Waals surface area contributed by atoms with Crippen LogP contribution in [0.1, 0.15) is 37.4 Å². The largest absolute Gasteiger partial charge is 0.496 e. The van der Waals surface area contributed by atoms with Crippen molar-refractivity contribution in [3.63, 3.8) is 0 Å². The van der Waals surface area contributed by atoms with Crippen LogP contribution in [0.5, 0.6) is 5.75 Å². The Bertz CT molecular complexity index is 1070. The number of carbonyl (C=O) groups excluding carboxylic acids is 1. The van der Waals surface area contributed by atoms with Gasteiger partial charge in [0, 0.05) is 12.1 Å². The van der Waals surface area contributed by atoms with Crippen LogP contribution >= 0.6 is 0 Å². The minimum Gasteiger partial charge on any atom is -0.496 e. The van der Waals surface area contributed by atoms with Gasteiger partial charge in [0.25, 0.3) is 5.69 Å². The van der Waals surface area contributed by atoms with E-state index in [1.54, 1.807) is 7.11 Å². The summed E-state index contributed by atoms with van der Waals surface area (Å²) in [4.78, 5) is 23.5. The summed E-state index contributed by atoms with van der Waals surface area (Å²) in [6, 6.07) is 9.30. The number of amides is 1. The van der Waals surface area contributed by atoms with Crippen molar-refractivity contribution in [3.05, 3.63) is 63.7 Å². The molecule has 0 heterocycles. The average Bonchev–Trinajstić information content (AvgIpc) is 2.70. The molecule has 0 aromatic heterocycles. The van der Waals surface area contributed by atoms with E-state index in [1.807, 2.05) is 32.0 Å². The van der Waals surface area contributed by atoms with Crippen LogP contribution in [0.25, 0.3) is 0 Å². The molecular formula is C21H27N3O6S. The molecule has 0 saturated carbocycles. The van der Waals surface area contributed by atoms with Crippen molar-refractivity contribution in [1.82, 2.24) is 5.32 Å². The molecule has 0 bridgehead atoms. The normalized spacial score (nSPS) is 13.2. The molecule has 168 valence electrons. The average molecular weight is 450 g/mol. The first kappa shape index (κ1) is 24.1. The van der Waals surface area contributed by atoms with Crippen molar-refractivity contribution in [1.29, 1.82) is 0 Å². The zero-order chi connectivity index (χ0) is 23.3. The molecule has 31 heavy (non-hydrogen) atoms. The van der Waals surface area contributed by atoms with Crippen LogP contribution < -0.4 is 14.4 Å². The van der Waals surface area contributed by atoms with Crippen LogP contribution in [-0.2, 0) is 14.8 Å². The highest BCUT2D eigenvalue weighted by Crippen LogP contribution is 2.27. The van der Waals surface area contributed by atoms with Crippen molar-refractivity contribution >= 4 is 27.3 Å². The Labute approximate surface area is 182 Å². The number of nitrogens with zero attached hydrogens (tertiary/aromatic N) is 2. The lowest BCUT2D eigenvalue weighted by molar-refractivity contribution is -0.384. The second kappa shape index (κ2) is 9.78. The molecule has 1 amide bonds. The predicted octanol–water partition coefficient (Wildman–Crippen LogP) is 3.33. The lowest BCUT2D eigenvalue weighted by atomic mass is 10.0. The molecule has 0 spiro atoms. The van der Waals surface area contributed by atoms with Gasteiger partial charge in [0.2, 0.25) is 15.9 Å². The Balaban J connectivity index is 2.33. The minimum absolute atomic E-state index is 0.0488. The van der Waals surface area contributed by atoms with Crippen LogP contribution in [0.15, 0.2) is 42.5 Å². The highest BCUT2D eigenvalue weighted by molar-refractivity contribution is 7.92. The number of methoxy groups -OCH3 is 1. The summed E-state index contributed by atoms with van der Waals surface area (Å²) >= 11 is 0. The van der Waals surface area contributed by atoms with Gasteiger partial charge in [-0.25, -0.2) is 8.42 Å². The van der Waals surface area contributed by atoms with Crippen molar-refractivity contribution in [2.24, 2.45) is 0 Å². The third-order valence-electron chi connectivity index (χ3n) is 4.93. The number of hydrogen-bond donors (Lipinski definition) is 1. The molecule has 0 aliphatic heterocycles. The number of nitrogens with one attached hydrogen (secondary N) is 1. The lowest BCUT2D eigenvalue weighted by Crippen LogP contribution is -2.48. The Morgan fingerprint density at radius 2 is 1.94 bits per heavy atom. The zero-order valence-electron chi connectivity index (χ0n) is 18.2. The van der Waals surface area contributed by atoms with E-state index < -0.39 is 26.9 Å². The third-order valence-corrected chi connectivity index (χ3v) is 6.17. The number of ether oxygens (including phenoxy) is 1. The molecule has 1 N–H and O–H groups in total. The van der Waals surface area contributed by atoms with Crippen LogP contribution in [0.2, 0.25) is 0 Å². The monoisotopic (exact) mass is 449 g/mol. The highest BCUT2D eigenvalue weighted by Gasteiger charge is 2.31. The van der Waals surface area contributed by atoms with E-state index in [-0.39, 0.29) is 17.4 Å². The van der Waals surface area contributed by atoms with Gasteiger partial charge in [-0.1, -0.05) is 25.1 Å². The number of non-ortho nitro benzene ring substituents is 1. The van der Waals surface area contributed by atoms with Gasteiger partial charge in [-0.05, 0) is 43.5 Å². The number of anilines is 1. The summed E-state index contributed by atoms with van der Waals surface area (Å²) in [5.41, 5.74) is 1.56. The molecule has 0 saturated heterocycles. The van der Waals surface area contributed by atoms with Crippen molar-refractivity contribution in [2.45, 2.75) is 39.3 Å². The Kier molecular flexibility index (Phi) is 7.61. The van der Waals surface area contributed by atoms with Crippen LogP contribution in [-0.4, -0.2) is 38.7 Å². The van der Waals surface area contributed by atoms with E-state index >= 15 is 0 Å². The summed E-state index contributed by atoms with van der Waals surface area (Å²) in [6.45, 7) is 5.25. The number of hydrogen-bond acceptors (Lipinski definition) is 6. The van der Waals surface area contributed by atoms with Crippen molar-refractivity contribution < 1.29 is 22.9 Å². The fourth-order valence-electron chi connectivity index (χ4n) is 3.38. The predicted molar refractivity (Wildman–Crippen MR) is 119 cm³/mol. The number of benzene rings is 2. The summed E-state index contributed by atoms with van der Waals surface area (Å²) in [5.74, 6) is 0.212. The maximum Gasteiger partial charge on any atom is 0.271 e. The fraction of sp³-hybridized carbons (Fsp3) is 0.381. The van der Waals surface area contributed by atoms with Crippen LogP contribution in [0.3, 0.4) is 0 Å². The van der Waals surface area contributed by atoms with E-state index in [9.17, 15) is 23.3 Å². The molecule has 0 fully saturated rings. The second-order valence-electron chi connectivity index (χ2n) is 7.21. The second-order valence-corrected chi connectivity index (χ2v) is 9.07. The fourth-order valence-corrected chi connectivity index (χ4v) is 4.55. The standard InChI is InChI=1S/C21H27N3O6S/c1-6-19(16-10-11-20(30-4)14(2)12-16)22-21(25)15(3)23(31(5,28)29)17-8-7-9-18(13-17)24(26)27/h7-13,15,19H,6H2,1-5H3,(H,22,25)/t15-,19+/m0/s1. The Morgan fingerprint density at radius 3 is 2.45 bits per heavy atom. The van der Waals surface area contributed by atoms with Gasteiger partial charge >= 0.3 is 0 Å². The maximum atomic E-state index is 13.0. The molecule has 0 aliphatic carbocycles. The van der Waals surface area contributed by atoms with Crippen molar-refractivity contribution in [3.8, 4) is 5.75 Å². The van der Waals surface area contributed by atoms with Gasteiger partial charge in [0.1, 0.15) is 11.8 Å². The minimum atomic E-state index is -3.89. The van der Waals surface area contributed by atoms with Gasteiger partial charge in [-0.2, -0.15) is 0 Å². The molecule has 0 unspecified atom stereocenters.